The summed E-state index contributed by atoms with van der Waals surface area (Å²) in [6, 6.07) is 3.52. The van der Waals surface area contributed by atoms with Gasteiger partial charge < -0.3 is 10.2 Å². The molecule has 0 aliphatic heterocycles. The van der Waals surface area contributed by atoms with Gasteiger partial charge in [-0.2, -0.15) is 13.2 Å². The molecule has 2 unspecified atom stereocenters. The Kier molecular flexibility index (Phi) is 7.30. The lowest BCUT2D eigenvalue weighted by atomic mass is 9.57. The minimum Gasteiger partial charge on any atom is -0.338 e. The van der Waals surface area contributed by atoms with Crippen molar-refractivity contribution in [1.82, 2.24) is 15.2 Å². The molecular formula is C25H38F3N3O. The van der Waals surface area contributed by atoms with Crippen LogP contribution in [0.5, 0.6) is 0 Å². The van der Waals surface area contributed by atoms with Crippen LogP contribution in [0.2, 0.25) is 0 Å². The van der Waals surface area contributed by atoms with Crippen LogP contribution in [0.1, 0.15) is 71.2 Å². The van der Waals surface area contributed by atoms with Crippen molar-refractivity contribution in [3.8, 4) is 0 Å². The smallest absolute Gasteiger partial charge is 0.338 e. The molecule has 32 heavy (non-hydrogen) atoms. The molecule has 4 aliphatic carbocycles. The molecule has 2 amide bonds. The number of nitrogens with zero attached hydrogens (tertiary/aromatic N) is 2. The predicted octanol–water partition coefficient (Wildman–Crippen LogP) is 6.22. The number of fused-ring (bicyclic) bond motifs is 1. The van der Waals surface area contributed by atoms with Crippen LogP contribution < -0.4 is 5.32 Å². The Morgan fingerprint density at radius 1 is 1.09 bits per heavy atom. The van der Waals surface area contributed by atoms with Crippen molar-refractivity contribution in [3.05, 3.63) is 30.1 Å². The van der Waals surface area contributed by atoms with Crippen molar-refractivity contribution in [1.29, 1.82) is 0 Å². The van der Waals surface area contributed by atoms with Gasteiger partial charge in [0.25, 0.3) is 0 Å². The van der Waals surface area contributed by atoms with E-state index in [1.165, 1.54) is 49.8 Å². The summed E-state index contributed by atoms with van der Waals surface area (Å²) in [7, 11) is 0. The zero-order valence-electron chi connectivity index (χ0n) is 18.9. The predicted molar refractivity (Wildman–Crippen MR) is 120 cm³/mol. The van der Waals surface area contributed by atoms with Gasteiger partial charge in [-0.3, -0.25) is 4.98 Å². The van der Waals surface area contributed by atoms with Crippen LogP contribution >= 0.6 is 0 Å². The van der Waals surface area contributed by atoms with Crippen LogP contribution in [0.15, 0.2) is 24.5 Å². The second-order valence-electron chi connectivity index (χ2n) is 10.6. The number of hydrogen-bond acceptors (Lipinski definition) is 2. The van der Waals surface area contributed by atoms with Gasteiger partial charge in [0, 0.05) is 33.5 Å². The molecule has 5 rings (SSSR count). The average Bonchev–Trinajstić information content (AvgIpc) is 2.96. The first-order valence-electron chi connectivity index (χ1n) is 12.3. The Bertz CT molecular complexity index is 745. The third kappa shape index (κ3) is 6.38. The first-order valence-corrected chi connectivity index (χ1v) is 12.3. The number of carbonyl (C=O) groups excluding carboxylic acids is 1. The number of pyridine rings is 1. The third-order valence-corrected chi connectivity index (χ3v) is 8.01. The van der Waals surface area contributed by atoms with Crippen LogP contribution in [0.25, 0.3) is 0 Å². The second kappa shape index (κ2) is 10.0. The number of alkyl halides is 3. The maximum atomic E-state index is 12.9. The zero-order valence-corrected chi connectivity index (χ0v) is 18.9. The molecular weight excluding hydrogens is 415 g/mol. The Balaban J connectivity index is 0.00000306. The number of amides is 2. The summed E-state index contributed by atoms with van der Waals surface area (Å²) in [6.07, 6.45) is 9.62. The SMILES string of the molecule is O=C(NCCCc1ccncc1)N(CCC(F)(F)F)CCC12CC3CCC(CC(C3)C1)C2.[HH]. The number of nitrogens with one attached hydrogen (secondary N) is 1. The highest BCUT2D eigenvalue weighted by Crippen LogP contribution is 2.59. The molecule has 4 nitrogen and oxygen atoms in total. The highest BCUT2D eigenvalue weighted by molar-refractivity contribution is 5.74. The van der Waals surface area contributed by atoms with Crippen molar-refractivity contribution >= 4 is 6.03 Å². The van der Waals surface area contributed by atoms with Gasteiger partial charge in [0.05, 0.1) is 6.42 Å². The molecule has 1 N–H and O–H groups in total. The minimum absolute atomic E-state index is 0. The van der Waals surface area contributed by atoms with Gasteiger partial charge in [-0.1, -0.05) is 12.8 Å². The summed E-state index contributed by atoms with van der Waals surface area (Å²) in [5.41, 5.74) is 1.38. The van der Waals surface area contributed by atoms with E-state index in [-0.39, 0.29) is 19.4 Å². The standard InChI is InChI=1S/C25H36F3N3O.H2/c26-25(27,28)8-13-31(23(32)30-9-1-2-19-5-10-29-11-6-19)12-7-24-16-20-3-4-21(17-24)15-22(14-20)18-24;/h5-6,10-11,20-22H,1-4,7-9,12-18H2,(H,30,32);1H. The lowest BCUT2D eigenvalue weighted by molar-refractivity contribution is -0.136. The van der Waals surface area contributed by atoms with Crippen molar-refractivity contribution in [2.75, 3.05) is 19.6 Å². The molecule has 180 valence electrons. The monoisotopic (exact) mass is 453 g/mol. The van der Waals surface area contributed by atoms with E-state index >= 15 is 0 Å². The fourth-order valence-corrected chi connectivity index (χ4v) is 6.77. The summed E-state index contributed by atoms with van der Waals surface area (Å²) in [5, 5.41) is 2.86. The molecule has 1 aromatic heterocycles. The van der Waals surface area contributed by atoms with E-state index in [0.29, 0.717) is 13.1 Å². The van der Waals surface area contributed by atoms with E-state index in [4.69, 9.17) is 0 Å². The first kappa shape index (κ1) is 23.4. The number of hydrogen-bond donors (Lipinski definition) is 1. The lowest BCUT2D eigenvalue weighted by Crippen LogP contribution is -2.45. The quantitative estimate of drug-likeness (QED) is 0.451. The largest absolute Gasteiger partial charge is 0.390 e. The minimum atomic E-state index is -4.25. The Hall–Kier alpha value is -1.79. The van der Waals surface area contributed by atoms with Crippen LogP contribution in [0.3, 0.4) is 0 Å². The van der Waals surface area contributed by atoms with E-state index in [0.717, 1.165) is 42.6 Å². The number of aryl methyl sites for hydroxylation is 1. The van der Waals surface area contributed by atoms with Crippen molar-refractivity contribution in [2.45, 2.75) is 76.8 Å². The molecule has 0 saturated heterocycles. The van der Waals surface area contributed by atoms with Crippen LogP contribution in [0.4, 0.5) is 18.0 Å². The number of halogens is 3. The summed E-state index contributed by atoms with van der Waals surface area (Å²) < 4.78 is 38.8. The van der Waals surface area contributed by atoms with Gasteiger partial charge in [0.15, 0.2) is 0 Å². The fraction of sp³-hybridized carbons (Fsp3) is 0.760. The van der Waals surface area contributed by atoms with E-state index in [9.17, 15) is 18.0 Å². The van der Waals surface area contributed by atoms with Gasteiger partial charge in [-0.05, 0) is 92.2 Å². The molecule has 4 bridgehead atoms. The molecule has 1 heterocycles. The Labute approximate surface area is 190 Å². The lowest BCUT2D eigenvalue weighted by Gasteiger charge is -2.49. The molecule has 4 fully saturated rings. The highest BCUT2D eigenvalue weighted by atomic mass is 19.4. The van der Waals surface area contributed by atoms with E-state index in [1.807, 2.05) is 12.1 Å². The fourth-order valence-electron chi connectivity index (χ4n) is 6.77. The van der Waals surface area contributed by atoms with Gasteiger partial charge in [-0.25, -0.2) is 4.79 Å². The Morgan fingerprint density at radius 3 is 2.41 bits per heavy atom. The topological polar surface area (TPSA) is 45.2 Å². The normalized spacial score (nSPS) is 29.0. The summed E-state index contributed by atoms with van der Waals surface area (Å²) in [6.45, 7) is 0.630. The molecule has 1 aromatic rings. The van der Waals surface area contributed by atoms with E-state index < -0.39 is 12.6 Å². The number of rotatable bonds is 9. The van der Waals surface area contributed by atoms with Gasteiger partial charge in [-0.15, -0.1) is 0 Å². The second-order valence-corrected chi connectivity index (χ2v) is 10.6. The van der Waals surface area contributed by atoms with Gasteiger partial charge >= 0.3 is 12.2 Å². The molecule has 0 spiro atoms. The number of aromatic nitrogens is 1. The molecule has 0 aromatic carbocycles. The highest BCUT2D eigenvalue weighted by Gasteiger charge is 2.48. The van der Waals surface area contributed by atoms with E-state index in [1.54, 1.807) is 12.4 Å². The van der Waals surface area contributed by atoms with Crippen LogP contribution in [0, 0.1) is 23.2 Å². The maximum absolute atomic E-state index is 12.9. The Morgan fingerprint density at radius 2 is 1.75 bits per heavy atom. The summed E-state index contributed by atoms with van der Waals surface area (Å²) in [4.78, 5) is 18.2. The molecule has 2 atom stereocenters. The maximum Gasteiger partial charge on any atom is 0.390 e. The summed E-state index contributed by atoms with van der Waals surface area (Å²) in [5.74, 6) is 2.36. The van der Waals surface area contributed by atoms with Crippen molar-refractivity contribution in [2.24, 2.45) is 23.2 Å². The number of urea groups is 1. The zero-order chi connectivity index (χ0) is 22.6. The molecule has 4 aliphatic rings. The first-order chi connectivity index (χ1) is 15.3. The molecule has 7 heteroatoms. The van der Waals surface area contributed by atoms with Gasteiger partial charge in [0.2, 0.25) is 0 Å². The molecule has 4 saturated carbocycles. The van der Waals surface area contributed by atoms with Crippen LogP contribution in [-0.2, 0) is 6.42 Å². The van der Waals surface area contributed by atoms with Crippen LogP contribution in [-0.4, -0.2) is 41.7 Å². The van der Waals surface area contributed by atoms with Crippen molar-refractivity contribution < 1.29 is 19.4 Å². The van der Waals surface area contributed by atoms with Crippen molar-refractivity contribution in [3.63, 3.8) is 0 Å². The third-order valence-electron chi connectivity index (χ3n) is 8.01. The number of carbonyl (C=O) groups is 1. The average molecular weight is 454 g/mol. The molecule has 0 radical (unpaired) electrons. The summed E-state index contributed by atoms with van der Waals surface area (Å²) >= 11 is 0. The van der Waals surface area contributed by atoms with E-state index in [2.05, 4.69) is 10.3 Å². The van der Waals surface area contributed by atoms with Gasteiger partial charge in [0.1, 0.15) is 0 Å².